The van der Waals surface area contributed by atoms with Crippen LogP contribution in [0.2, 0.25) is 0 Å². The van der Waals surface area contributed by atoms with Crippen molar-refractivity contribution in [2.24, 2.45) is 0 Å². The van der Waals surface area contributed by atoms with E-state index in [0.29, 0.717) is 6.54 Å². The summed E-state index contributed by atoms with van der Waals surface area (Å²) >= 11 is 0. The second-order valence-corrected chi connectivity index (χ2v) is 5.28. The van der Waals surface area contributed by atoms with Gasteiger partial charge in [0.05, 0.1) is 0 Å². The molecular weight excluding hydrogens is 295 g/mol. The van der Waals surface area contributed by atoms with Gasteiger partial charge in [-0.25, -0.2) is 4.39 Å². The minimum absolute atomic E-state index is 0.229. The van der Waals surface area contributed by atoms with Gasteiger partial charge in [-0.15, -0.1) is 0 Å². The molecule has 0 heterocycles. The van der Waals surface area contributed by atoms with E-state index in [4.69, 9.17) is 0 Å². The first-order valence-corrected chi connectivity index (χ1v) is 7.37. The third-order valence-electron chi connectivity index (χ3n) is 3.46. The van der Waals surface area contributed by atoms with Gasteiger partial charge in [-0.05, 0) is 35.7 Å². The predicted molar refractivity (Wildman–Crippen MR) is 85.9 cm³/mol. The Labute approximate surface area is 134 Å². The van der Waals surface area contributed by atoms with Crippen LogP contribution in [-0.2, 0) is 22.7 Å². The minimum Gasteiger partial charge on any atom is -0.352 e. The largest absolute Gasteiger partial charge is 0.352 e. The number of hydrogen-bond donors (Lipinski definition) is 2. The molecule has 2 N–H and O–H groups in total. The molecule has 2 rings (SSSR count). The average molecular weight is 314 g/mol. The van der Waals surface area contributed by atoms with E-state index in [-0.39, 0.29) is 30.6 Å². The van der Waals surface area contributed by atoms with Gasteiger partial charge in [0.15, 0.2) is 0 Å². The minimum atomic E-state index is -0.364. The summed E-state index contributed by atoms with van der Waals surface area (Å²) in [7, 11) is 0. The molecule has 0 saturated carbocycles. The quantitative estimate of drug-likeness (QED) is 0.805. The van der Waals surface area contributed by atoms with Crippen LogP contribution in [-0.4, -0.2) is 11.8 Å². The lowest BCUT2D eigenvalue weighted by Crippen LogP contribution is -2.31. The van der Waals surface area contributed by atoms with Crippen LogP contribution in [0, 0.1) is 12.7 Å². The van der Waals surface area contributed by atoms with Crippen molar-refractivity contribution in [3.05, 3.63) is 71.0 Å². The van der Waals surface area contributed by atoms with E-state index in [2.05, 4.69) is 10.6 Å². The maximum Gasteiger partial charge on any atom is 0.229 e. The molecule has 0 fully saturated rings. The summed E-state index contributed by atoms with van der Waals surface area (Å²) in [5.74, 6) is -1.02. The molecule has 0 radical (unpaired) electrons. The van der Waals surface area contributed by atoms with Crippen LogP contribution in [0.3, 0.4) is 0 Å². The molecule has 2 aromatic rings. The third kappa shape index (κ3) is 5.54. The van der Waals surface area contributed by atoms with Gasteiger partial charge >= 0.3 is 0 Å². The fourth-order valence-corrected chi connectivity index (χ4v) is 2.08. The highest BCUT2D eigenvalue weighted by atomic mass is 19.1. The molecule has 0 aliphatic rings. The molecule has 2 aromatic carbocycles. The van der Waals surface area contributed by atoms with Crippen molar-refractivity contribution in [1.29, 1.82) is 0 Å². The summed E-state index contributed by atoms with van der Waals surface area (Å²) in [5.41, 5.74) is 2.89. The van der Waals surface area contributed by atoms with Crippen molar-refractivity contribution in [2.75, 3.05) is 0 Å². The van der Waals surface area contributed by atoms with Gasteiger partial charge in [0.2, 0.25) is 11.8 Å². The zero-order valence-electron chi connectivity index (χ0n) is 12.9. The number of amides is 2. The van der Waals surface area contributed by atoms with E-state index in [0.717, 1.165) is 16.7 Å². The Kier molecular flexibility index (Phi) is 5.86. The first kappa shape index (κ1) is 16.7. The van der Waals surface area contributed by atoms with Crippen molar-refractivity contribution in [3.8, 4) is 0 Å². The van der Waals surface area contributed by atoms with Crippen LogP contribution in [0.25, 0.3) is 0 Å². The summed E-state index contributed by atoms with van der Waals surface area (Å²) < 4.78 is 12.8. The standard InChI is InChI=1S/C18H19FN2O2/c1-13-4-2-3-5-15(13)12-21-18(23)10-17(22)20-11-14-6-8-16(19)9-7-14/h2-9H,10-12H2,1H3,(H,20,22)(H,21,23). The third-order valence-corrected chi connectivity index (χ3v) is 3.46. The van der Waals surface area contributed by atoms with E-state index in [1.165, 1.54) is 12.1 Å². The number of nitrogens with one attached hydrogen (secondary N) is 2. The van der Waals surface area contributed by atoms with Gasteiger partial charge in [-0.2, -0.15) is 0 Å². The van der Waals surface area contributed by atoms with Gasteiger partial charge in [-0.3, -0.25) is 9.59 Å². The molecule has 0 atom stereocenters. The van der Waals surface area contributed by atoms with Crippen molar-refractivity contribution >= 4 is 11.8 Å². The number of rotatable bonds is 6. The Morgan fingerprint density at radius 1 is 0.913 bits per heavy atom. The summed E-state index contributed by atoms with van der Waals surface area (Å²) in [4.78, 5) is 23.5. The molecule has 4 nitrogen and oxygen atoms in total. The summed E-state index contributed by atoms with van der Waals surface area (Å²) in [5, 5.41) is 5.36. The highest BCUT2D eigenvalue weighted by Crippen LogP contribution is 2.06. The molecule has 0 aliphatic carbocycles. The van der Waals surface area contributed by atoms with E-state index in [9.17, 15) is 14.0 Å². The van der Waals surface area contributed by atoms with Crippen molar-refractivity contribution in [2.45, 2.75) is 26.4 Å². The monoisotopic (exact) mass is 314 g/mol. The molecule has 23 heavy (non-hydrogen) atoms. The van der Waals surface area contributed by atoms with Crippen molar-refractivity contribution in [3.63, 3.8) is 0 Å². The lowest BCUT2D eigenvalue weighted by Gasteiger charge is -2.08. The van der Waals surface area contributed by atoms with E-state index < -0.39 is 0 Å². The number of carbonyl (C=O) groups is 2. The van der Waals surface area contributed by atoms with E-state index >= 15 is 0 Å². The molecule has 0 unspecified atom stereocenters. The Hall–Kier alpha value is -2.69. The number of carbonyl (C=O) groups excluding carboxylic acids is 2. The van der Waals surface area contributed by atoms with Crippen LogP contribution in [0.15, 0.2) is 48.5 Å². The molecule has 0 bridgehead atoms. The smallest absolute Gasteiger partial charge is 0.229 e. The number of benzene rings is 2. The zero-order chi connectivity index (χ0) is 16.7. The first-order valence-electron chi connectivity index (χ1n) is 7.37. The van der Waals surface area contributed by atoms with Gasteiger partial charge in [-0.1, -0.05) is 36.4 Å². The highest BCUT2D eigenvalue weighted by Gasteiger charge is 2.09. The Morgan fingerprint density at radius 3 is 2.17 bits per heavy atom. The van der Waals surface area contributed by atoms with Gasteiger partial charge in [0.25, 0.3) is 0 Å². The highest BCUT2D eigenvalue weighted by molar-refractivity contribution is 5.96. The fraction of sp³-hybridized carbons (Fsp3) is 0.222. The molecule has 2 amide bonds. The maximum atomic E-state index is 12.8. The number of halogens is 1. The van der Waals surface area contributed by atoms with E-state index in [1.807, 2.05) is 31.2 Å². The van der Waals surface area contributed by atoms with Crippen LogP contribution in [0.4, 0.5) is 4.39 Å². The van der Waals surface area contributed by atoms with Gasteiger partial charge in [0.1, 0.15) is 12.2 Å². The lowest BCUT2D eigenvalue weighted by atomic mass is 10.1. The first-order chi connectivity index (χ1) is 11.0. The van der Waals surface area contributed by atoms with Crippen LogP contribution in [0.1, 0.15) is 23.1 Å². The second kappa shape index (κ2) is 8.08. The maximum absolute atomic E-state index is 12.8. The topological polar surface area (TPSA) is 58.2 Å². The molecule has 0 aliphatic heterocycles. The van der Waals surface area contributed by atoms with E-state index in [1.54, 1.807) is 12.1 Å². The van der Waals surface area contributed by atoms with Gasteiger partial charge in [0, 0.05) is 13.1 Å². The Morgan fingerprint density at radius 2 is 1.52 bits per heavy atom. The summed E-state index contributed by atoms with van der Waals surface area (Å²) in [6.45, 7) is 2.64. The summed E-state index contributed by atoms with van der Waals surface area (Å²) in [6, 6.07) is 13.6. The van der Waals surface area contributed by atoms with Crippen LogP contribution >= 0.6 is 0 Å². The normalized spacial score (nSPS) is 10.2. The Bertz CT molecular complexity index is 684. The van der Waals surface area contributed by atoms with Crippen LogP contribution in [0.5, 0.6) is 0 Å². The average Bonchev–Trinajstić information content (AvgIpc) is 2.53. The van der Waals surface area contributed by atoms with Crippen molar-refractivity contribution in [1.82, 2.24) is 10.6 Å². The predicted octanol–water partition coefficient (Wildman–Crippen LogP) is 2.46. The molecular formula is C18H19FN2O2. The number of aryl methyl sites for hydroxylation is 1. The molecule has 0 spiro atoms. The molecule has 120 valence electrons. The Balaban J connectivity index is 1.73. The number of hydrogen-bond acceptors (Lipinski definition) is 2. The van der Waals surface area contributed by atoms with Crippen LogP contribution < -0.4 is 10.6 Å². The zero-order valence-corrected chi connectivity index (χ0v) is 12.9. The summed E-state index contributed by atoms with van der Waals surface area (Å²) in [6.07, 6.45) is -0.229. The molecule has 0 aromatic heterocycles. The lowest BCUT2D eigenvalue weighted by molar-refractivity contribution is -0.129. The van der Waals surface area contributed by atoms with Gasteiger partial charge < -0.3 is 10.6 Å². The van der Waals surface area contributed by atoms with Crippen molar-refractivity contribution < 1.29 is 14.0 Å². The SMILES string of the molecule is Cc1ccccc1CNC(=O)CC(=O)NCc1ccc(F)cc1. The molecule has 5 heteroatoms. The molecule has 0 saturated heterocycles. The second-order valence-electron chi connectivity index (χ2n) is 5.28. The fourth-order valence-electron chi connectivity index (χ4n) is 2.08.